The lowest BCUT2D eigenvalue weighted by Gasteiger charge is -2.05. The molecule has 4 nitrogen and oxygen atoms in total. The van der Waals surface area contributed by atoms with Gasteiger partial charge >= 0.3 is 0 Å². The summed E-state index contributed by atoms with van der Waals surface area (Å²) in [6, 6.07) is 1.94. The number of nitrogens with zero attached hydrogens (tertiary/aromatic N) is 3. The number of furan rings is 1. The van der Waals surface area contributed by atoms with Crippen molar-refractivity contribution in [3.63, 3.8) is 0 Å². The van der Waals surface area contributed by atoms with E-state index < -0.39 is 0 Å². The largest absolute Gasteiger partial charge is 0.469 e. The van der Waals surface area contributed by atoms with E-state index in [-0.39, 0.29) is 0 Å². The molecule has 0 fully saturated rings. The highest BCUT2D eigenvalue weighted by Crippen LogP contribution is 2.23. The molecule has 80 valence electrons. The van der Waals surface area contributed by atoms with Gasteiger partial charge in [0.05, 0.1) is 11.8 Å². The Morgan fingerprint density at radius 1 is 1.33 bits per heavy atom. The molecule has 0 aliphatic heterocycles. The molecule has 0 aliphatic carbocycles. The lowest BCUT2D eigenvalue weighted by atomic mass is 10.2. The van der Waals surface area contributed by atoms with Crippen molar-refractivity contribution in [3.8, 4) is 11.4 Å². The second kappa shape index (κ2) is 3.88. The van der Waals surface area contributed by atoms with Crippen molar-refractivity contribution in [2.24, 2.45) is 0 Å². The van der Waals surface area contributed by atoms with Crippen LogP contribution in [0, 0.1) is 13.8 Å². The van der Waals surface area contributed by atoms with Gasteiger partial charge in [-0.15, -0.1) is 10.2 Å². The predicted molar refractivity (Wildman–Crippen MR) is 57.5 cm³/mol. The van der Waals surface area contributed by atoms with E-state index in [2.05, 4.69) is 21.7 Å². The molecule has 0 atom stereocenters. The minimum Gasteiger partial charge on any atom is -0.469 e. The number of aryl methyl sites for hydroxylation is 2. The standard InChI is InChI=1S/C11H15N3O/c1-4-6-14-9(3)12-13-11(14)10-5-7-15-8(10)2/h5,7H,4,6H2,1-3H3. The fourth-order valence-corrected chi connectivity index (χ4v) is 1.69. The van der Waals surface area contributed by atoms with Crippen molar-refractivity contribution in [1.29, 1.82) is 0 Å². The van der Waals surface area contributed by atoms with E-state index in [4.69, 9.17) is 4.42 Å². The molecular weight excluding hydrogens is 190 g/mol. The highest BCUT2D eigenvalue weighted by atomic mass is 16.3. The molecule has 2 rings (SSSR count). The van der Waals surface area contributed by atoms with Crippen LogP contribution in [0.1, 0.15) is 24.9 Å². The Morgan fingerprint density at radius 2 is 2.13 bits per heavy atom. The number of hydrogen-bond acceptors (Lipinski definition) is 3. The summed E-state index contributed by atoms with van der Waals surface area (Å²) in [4.78, 5) is 0. The average molecular weight is 205 g/mol. The van der Waals surface area contributed by atoms with Crippen LogP contribution in [0.25, 0.3) is 11.4 Å². The number of aromatic nitrogens is 3. The summed E-state index contributed by atoms with van der Waals surface area (Å²) < 4.78 is 7.40. The van der Waals surface area contributed by atoms with E-state index in [9.17, 15) is 0 Å². The number of hydrogen-bond donors (Lipinski definition) is 0. The molecule has 0 saturated heterocycles. The van der Waals surface area contributed by atoms with Gasteiger partial charge < -0.3 is 8.98 Å². The first-order valence-corrected chi connectivity index (χ1v) is 5.18. The molecule has 2 heterocycles. The molecule has 2 aromatic heterocycles. The van der Waals surface area contributed by atoms with Crippen LogP contribution < -0.4 is 0 Å². The van der Waals surface area contributed by atoms with Gasteiger partial charge in [-0.3, -0.25) is 0 Å². The van der Waals surface area contributed by atoms with Crippen LogP contribution in [0.5, 0.6) is 0 Å². The van der Waals surface area contributed by atoms with Crippen LogP contribution in [0.3, 0.4) is 0 Å². The Morgan fingerprint density at radius 3 is 2.73 bits per heavy atom. The third kappa shape index (κ3) is 1.67. The fraction of sp³-hybridized carbons (Fsp3) is 0.455. The highest BCUT2D eigenvalue weighted by Gasteiger charge is 2.13. The maximum absolute atomic E-state index is 5.28. The summed E-state index contributed by atoms with van der Waals surface area (Å²) >= 11 is 0. The Balaban J connectivity index is 2.49. The SMILES string of the molecule is CCCn1c(C)nnc1-c1ccoc1C. The zero-order valence-corrected chi connectivity index (χ0v) is 9.32. The van der Waals surface area contributed by atoms with E-state index in [0.29, 0.717) is 0 Å². The smallest absolute Gasteiger partial charge is 0.167 e. The third-order valence-corrected chi connectivity index (χ3v) is 2.48. The molecule has 0 N–H and O–H groups in total. The van der Waals surface area contributed by atoms with Gasteiger partial charge in [-0.05, 0) is 26.3 Å². The Hall–Kier alpha value is -1.58. The maximum Gasteiger partial charge on any atom is 0.167 e. The second-order valence-electron chi connectivity index (χ2n) is 3.61. The van der Waals surface area contributed by atoms with E-state index in [1.165, 1.54) is 0 Å². The summed E-state index contributed by atoms with van der Waals surface area (Å²) in [5.41, 5.74) is 1.03. The molecule has 0 bridgehead atoms. The van der Waals surface area contributed by atoms with Gasteiger partial charge in [-0.25, -0.2) is 0 Å². The maximum atomic E-state index is 5.28. The van der Waals surface area contributed by atoms with Crippen molar-refractivity contribution in [3.05, 3.63) is 23.9 Å². The first-order valence-electron chi connectivity index (χ1n) is 5.18. The molecule has 0 aliphatic rings. The van der Waals surface area contributed by atoms with Gasteiger partial charge in [0.25, 0.3) is 0 Å². The molecular formula is C11H15N3O. The topological polar surface area (TPSA) is 43.9 Å². The molecule has 0 spiro atoms. The predicted octanol–water partition coefficient (Wildman–Crippen LogP) is 2.56. The van der Waals surface area contributed by atoms with Gasteiger partial charge in [0.1, 0.15) is 11.6 Å². The van der Waals surface area contributed by atoms with Crippen molar-refractivity contribution < 1.29 is 4.42 Å². The van der Waals surface area contributed by atoms with Crippen molar-refractivity contribution in [2.45, 2.75) is 33.7 Å². The summed E-state index contributed by atoms with van der Waals surface area (Å²) in [7, 11) is 0. The molecule has 4 heteroatoms. The normalized spacial score (nSPS) is 10.9. The molecule has 15 heavy (non-hydrogen) atoms. The van der Waals surface area contributed by atoms with Gasteiger partial charge in [-0.1, -0.05) is 6.92 Å². The molecule has 0 radical (unpaired) electrons. The fourth-order valence-electron chi connectivity index (χ4n) is 1.69. The zero-order valence-electron chi connectivity index (χ0n) is 9.32. The highest BCUT2D eigenvalue weighted by molar-refractivity contribution is 5.57. The number of rotatable bonds is 3. The zero-order chi connectivity index (χ0) is 10.8. The molecule has 0 unspecified atom stereocenters. The van der Waals surface area contributed by atoms with E-state index in [1.807, 2.05) is 19.9 Å². The quantitative estimate of drug-likeness (QED) is 0.773. The van der Waals surface area contributed by atoms with Gasteiger partial charge in [-0.2, -0.15) is 0 Å². The lowest BCUT2D eigenvalue weighted by molar-refractivity contribution is 0.534. The van der Waals surface area contributed by atoms with Crippen molar-refractivity contribution in [2.75, 3.05) is 0 Å². The molecule has 0 aromatic carbocycles. The van der Waals surface area contributed by atoms with Crippen molar-refractivity contribution in [1.82, 2.24) is 14.8 Å². The first-order chi connectivity index (χ1) is 7.24. The van der Waals surface area contributed by atoms with Crippen LogP contribution in [-0.4, -0.2) is 14.8 Å². The van der Waals surface area contributed by atoms with Gasteiger partial charge in [0.15, 0.2) is 5.82 Å². The van der Waals surface area contributed by atoms with Crippen molar-refractivity contribution >= 4 is 0 Å². The van der Waals surface area contributed by atoms with E-state index >= 15 is 0 Å². The van der Waals surface area contributed by atoms with E-state index in [0.717, 1.165) is 35.9 Å². The summed E-state index contributed by atoms with van der Waals surface area (Å²) in [5.74, 6) is 2.74. The van der Waals surface area contributed by atoms with Crippen LogP contribution in [-0.2, 0) is 6.54 Å². The first kappa shape index (κ1) is 9.96. The van der Waals surface area contributed by atoms with Gasteiger partial charge in [0, 0.05) is 6.54 Å². The van der Waals surface area contributed by atoms with Crippen LogP contribution in [0.4, 0.5) is 0 Å². The van der Waals surface area contributed by atoms with Crippen LogP contribution >= 0.6 is 0 Å². The lowest BCUT2D eigenvalue weighted by Crippen LogP contribution is -2.02. The van der Waals surface area contributed by atoms with E-state index in [1.54, 1.807) is 6.26 Å². The van der Waals surface area contributed by atoms with Crippen LogP contribution in [0.15, 0.2) is 16.7 Å². The second-order valence-corrected chi connectivity index (χ2v) is 3.61. The Bertz CT molecular complexity index is 456. The summed E-state index contributed by atoms with van der Waals surface area (Å²) in [6.45, 7) is 7.00. The minimum absolute atomic E-state index is 0.889. The Kier molecular flexibility index (Phi) is 2.58. The molecule has 2 aromatic rings. The average Bonchev–Trinajstić information content (AvgIpc) is 2.76. The van der Waals surface area contributed by atoms with Crippen LogP contribution in [0.2, 0.25) is 0 Å². The third-order valence-electron chi connectivity index (χ3n) is 2.48. The summed E-state index contributed by atoms with van der Waals surface area (Å²) in [5, 5.41) is 8.29. The molecule has 0 saturated carbocycles. The minimum atomic E-state index is 0.889. The monoisotopic (exact) mass is 205 g/mol. The summed E-state index contributed by atoms with van der Waals surface area (Å²) in [6.07, 6.45) is 2.76. The Labute approximate surface area is 88.9 Å². The van der Waals surface area contributed by atoms with Gasteiger partial charge in [0.2, 0.25) is 0 Å². The molecule has 0 amide bonds.